The quantitative estimate of drug-likeness (QED) is 0.358. The van der Waals surface area contributed by atoms with Crippen molar-refractivity contribution in [2.75, 3.05) is 6.54 Å². The normalized spacial score (nSPS) is 11.8. The van der Waals surface area contributed by atoms with Crippen molar-refractivity contribution < 1.29 is 9.59 Å². The van der Waals surface area contributed by atoms with Crippen LogP contribution in [-0.2, 0) is 16.1 Å². The third kappa shape index (κ3) is 6.71. The minimum absolute atomic E-state index is 0.0730. The Balaban J connectivity index is 1.95. The summed E-state index contributed by atoms with van der Waals surface area (Å²) in [5, 5.41) is 3.56. The molecule has 1 atom stereocenters. The van der Waals surface area contributed by atoms with Crippen LogP contribution in [0, 0.1) is 0 Å². The number of nitrogens with zero attached hydrogens (tertiary/aromatic N) is 1. The van der Waals surface area contributed by atoms with E-state index in [1.807, 2.05) is 74.5 Å². The maximum Gasteiger partial charge on any atom is 0.242 e. The van der Waals surface area contributed by atoms with Gasteiger partial charge in [0, 0.05) is 30.5 Å². The predicted molar refractivity (Wildman–Crippen MR) is 139 cm³/mol. The number of amides is 2. The Bertz CT molecular complexity index is 1020. The molecule has 34 heavy (non-hydrogen) atoms. The van der Waals surface area contributed by atoms with E-state index in [2.05, 4.69) is 29.6 Å². The van der Waals surface area contributed by atoms with E-state index in [0.29, 0.717) is 18.0 Å². The molecule has 3 aromatic carbocycles. The van der Waals surface area contributed by atoms with Crippen LogP contribution >= 0.6 is 11.6 Å². The van der Waals surface area contributed by atoms with Crippen molar-refractivity contribution in [3.63, 3.8) is 0 Å². The number of nitrogens with one attached hydrogen (secondary N) is 1. The van der Waals surface area contributed by atoms with Crippen molar-refractivity contribution >= 4 is 23.4 Å². The van der Waals surface area contributed by atoms with Crippen LogP contribution in [0.15, 0.2) is 84.9 Å². The highest BCUT2D eigenvalue weighted by Crippen LogP contribution is 2.30. The number of hydrogen-bond donors (Lipinski definition) is 1. The molecule has 0 aliphatic heterocycles. The first-order valence-electron chi connectivity index (χ1n) is 12.0. The van der Waals surface area contributed by atoms with E-state index < -0.39 is 6.04 Å². The summed E-state index contributed by atoms with van der Waals surface area (Å²) in [6, 6.07) is 27.0. The molecule has 1 N–H and O–H groups in total. The second kappa shape index (κ2) is 13.0. The van der Waals surface area contributed by atoms with Crippen LogP contribution in [0.4, 0.5) is 0 Å². The first kappa shape index (κ1) is 25.5. The third-order valence-corrected chi connectivity index (χ3v) is 6.39. The van der Waals surface area contributed by atoms with Crippen LogP contribution in [0.1, 0.15) is 55.7 Å². The highest BCUT2D eigenvalue weighted by Gasteiger charge is 2.31. The van der Waals surface area contributed by atoms with Gasteiger partial charge in [0.1, 0.15) is 6.04 Å². The van der Waals surface area contributed by atoms with Gasteiger partial charge in [0.05, 0.1) is 0 Å². The van der Waals surface area contributed by atoms with Crippen LogP contribution in [0.25, 0.3) is 0 Å². The predicted octanol–water partition coefficient (Wildman–Crippen LogP) is 6.20. The molecule has 0 bridgehead atoms. The van der Waals surface area contributed by atoms with Crippen LogP contribution in [0.5, 0.6) is 0 Å². The molecule has 0 aliphatic carbocycles. The molecule has 0 fully saturated rings. The molecular weight excluding hydrogens is 444 g/mol. The lowest BCUT2D eigenvalue weighted by atomic mass is 9.88. The zero-order valence-corrected chi connectivity index (χ0v) is 20.7. The highest BCUT2D eigenvalue weighted by molar-refractivity contribution is 6.31. The van der Waals surface area contributed by atoms with Gasteiger partial charge in [-0.25, -0.2) is 0 Å². The number of carbonyl (C=O) groups is 2. The Morgan fingerprint density at radius 3 is 1.94 bits per heavy atom. The Labute approximate surface area is 207 Å². The number of hydrogen-bond acceptors (Lipinski definition) is 2. The van der Waals surface area contributed by atoms with Crippen molar-refractivity contribution in [3.8, 4) is 0 Å². The lowest BCUT2D eigenvalue weighted by Crippen LogP contribution is -2.49. The van der Waals surface area contributed by atoms with E-state index in [0.717, 1.165) is 23.1 Å². The molecule has 0 unspecified atom stereocenters. The van der Waals surface area contributed by atoms with Gasteiger partial charge in [0.15, 0.2) is 0 Å². The number of carbonyl (C=O) groups excluding carboxylic acids is 2. The second-order valence-corrected chi connectivity index (χ2v) is 8.81. The summed E-state index contributed by atoms with van der Waals surface area (Å²) in [4.78, 5) is 28.6. The molecule has 2 amide bonds. The summed E-state index contributed by atoms with van der Waals surface area (Å²) < 4.78 is 0. The molecule has 178 valence electrons. The third-order valence-electron chi connectivity index (χ3n) is 6.02. The topological polar surface area (TPSA) is 49.4 Å². The van der Waals surface area contributed by atoms with Crippen molar-refractivity contribution in [1.29, 1.82) is 0 Å². The second-order valence-electron chi connectivity index (χ2n) is 8.41. The summed E-state index contributed by atoms with van der Waals surface area (Å²) >= 11 is 6.44. The van der Waals surface area contributed by atoms with Gasteiger partial charge in [0.2, 0.25) is 11.8 Å². The largest absolute Gasteiger partial charge is 0.354 e. The van der Waals surface area contributed by atoms with Gasteiger partial charge in [-0.15, -0.1) is 0 Å². The van der Waals surface area contributed by atoms with Crippen LogP contribution in [0.3, 0.4) is 0 Å². The van der Waals surface area contributed by atoms with Crippen molar-refractivity contribution in [3.05, 3.63) is 107 Å². The maximum absolute atomic E-state index is 13.9. The Morgan fingerprint density at radius 2 is 1.41 bits per heavy atom. The van der Waals surface area contributed by atoms with Crippen LogP contribution in [-0.4, -0.2) is 29.3 Å². The standard InChI is InChI=1S/C29H33ClN2O2/c1-3-19-31-29(34)27(4-2)32(21-24-17-11-12-18-26(24)30)28(33)20-25(22-13-7-5-8-14-22)23-15-9-6-10-16-23/h5-18,25,27H,3-4,19-21H2,1-2H3,(H,31,34)/t27-/m1/s1. The zero-order chi connectivity index (χ0) is 24.3. The fourth-order valence-corrected chi connectivity index (χ4v) is 4.38. The summed E-state index contributed by atoms with van der Waals surface area (Å²) in [5.74, 6) is -0.309. The fourth-order valence-electron chi connectivity index (χ4n) is 4.19. The molecule has 0 saturated heterocycles. The van der Waals surface area contributed by atoms with E-state index in [4.69, 9.17) is 11.6 Å². The monoisotopic (exact) mass is 476 g/mol. The van der Waals surface area contributed by atoms with E-state index in [1.54, 1.807) is 4.90 Å². The van der Waals surface area contributed by atoms with Gasteiger partial charge in [-0.3, -0.25) is 9.59 Å². The van der Waals surface area contributed by atoms with Crippen LogP contribution in [0.2, 0.25) is 5.02 Å². The minimum Gasteiger partial charge on any atom is -0.354 e. The molecule has 0 aliphatic rings. The fraction of sp³-hybridized carbons (Fsp3) is 0.310. The van der Waals surface area contributed by atoms with E-state index in [-0.39, 0.29) is 30.7 Å². The van der Waals surface area contributed by atoms with Crippen molar-refractivity contribution in [2.45, 2.75) is 51.6 Å². The number of rotatable bonds is 11. The first-order valence-corrected chi connectivity index (χ1v) is 12.3. The van der Waals surface area contributed by atoms with Gasteiger partial charge < -0.3 is 10.2 Å². The number of halogens is 1. The van der Waals surface area contributed by atoms with Gasteiger partial charge in [-0.1, -0.05) is 104 Å². The van der Waals surface area contributed by atoms with Crippen molar-refractivity contribution in [2.24, 2.45) is 0 Å². The molecule has 0 heterocycles. The Morgan fingerprint density at radius 1 is 0.853 bits per heavy atom. The van der Waals surface area contributed by atoms with Gasteiger partial charge in [0.25, 0.3) is 0 Å². The highest BCUT2D eigenvalue weighted by atomic mass is 35.5. The summed E-state index contributed by atoms with van der Waals surface area (Å²) in [5.41, 5.74) is 2.97. The first-order chi connectivity index (χ1) is 16.5. The SMILES string of the molecule is CCCNC(=O)[C@@H](CC)N(Cc1ccccc1Cl)C(=O)CC(c1ccccc1)c1ccccc1. The lowest BCUT2D eigenvalue weighted by molar-refractivity contribution is -0.141. The van der Waals surface area contributed by atoms with Gasteiger partial charge in [-0.2, -0.15) is 0 Å². The van der Waals surface area contributed by atoms with Crippen molar-refractivity contribution in [1.82, 2.24) is 10.2 Å². The zero-order valence-electron chi connectivity index (χ0n) is 19.9. The molecule has 4 nitrogen and oxygen atoms in total. The molecule has 0 aromatic heterocycles. The molecule has 0 saturated carbocycles. The molecule has 3 aromatic rings. The molecule has 5 heteroatoms. The lowest BCUT2D eigenvalue weighted by Gasteiger charge is -2.32. The summed E-state index contributed by atoms with van der Waals surface area (Å²) in [6.45, 7) is 4.82. The molecule has 0 radical (unpaired) electrons. The average Bonchev–Trinajstić information content (AvgIpc) is 2.87. The van der Waals surface area contributed by atoms with Gasteiger partial charge in [-0.05, 0) is 35.6 Å². The van der Waals surface area contributed by atoms with E-state index in [1.165, 1.54) is 0 Å². The minimum atomic E-state index is -0.567. The summed E-state index contributed by atoms with van der Waals surface area (Å²) in [6.07, 6.45) is 1.62. The average molecular weight is 477 g/mol. The van der Waals surface area contributed by atoms with Gasteiger partial charge >= 0.3 is 0 Å². The summed E-state index contributed by atoms with van der Waals surface area (Å²) in [7, 11) is 0. The molecule has 3 rings (SSSR count). The number of benzene rings is 3. The Hall–Kier alpha value is -3.11. The molecular formula is C29H33ClN2O2. The van der Waals surface area contributed by atoms with E-state index >= 15 is 0 Å². The van der Waals surface area contributed by atoms with Crippen LogP contribution < -0.4 is 5.32 Å². The smallest absolute Gasteiger partial charge is 0.242 e. The maximum atomic E-state index is 13.9. The molecule has 0 spiro atoms. The van der Waals surface area contributed by atoms with E-state index in [9.17, 15) is 9.59 Å². The Kier molecular flexibility index (Phi) is 9.72.